The summed E-state index contributed by atoms with van der Waals surface area (Å²) >= 11 is 0. The second-order valence-corrected chi connectivity index (χ2v) is 10.4. The average molecular weight is 479 g/mol. The highest BCUT2D eigenvalue weighted by molar-refractivity contribution is 7.86. The standard InChI is InChI=1S/C20H22N4O6S2/c1-3-13-15-7-5-11(31(25,26)27)9-17(15)21-19(13)23-24-20-14(4-2)16-8-6-12(32(28,29)30)10-18(16)22-20/h5-10,13-14H,3-4H2,1-2H3,(H,21,23)(H,22,24)(H,25,26,27)(H,28,29,30). The molecule has 32 heavy (non-hydrogen) atoms. The Labute approximate surface area is 186 Å². The highest BCUT2D eigenvalue weighted by Gasteiger charge is 2.30. The number of hydrazine groups is 1. The van der Waals surface area contributed by atoms with Gasteiger partial charge in [0.2, 0.25) is 0 Å². The minimum Gasteiger partial charge on any atom is -0.286 e. The topological polar surface area (TPSA) is 158 Å². The van der Waals surface area contributed by atoms with Crippen LogP contribution in [-0.4, -0.2) is 37.6 Å². The summed E-state index contributed by atoms with van der Waals surface area (Å²) in [6.07, 6.45) is 1.40. The quantitative estimate of drug-likeness (QED) is 0.386. The highest BCUT2D eigenvalue weighted by atomic mass is 32.2. The first-order valence-electron chi connectivity index (χ1n) is 9.95. The number of nitrogens with one attached hydrogen (secondary N) is 2. The van der Waals surface area contributed by atoms with Gasteiger partial charge in [0.05, 0.1) is 21.2 Å². The lowest BCUT2D eigenvalue weighted by molar-refractivity contribution is 0.481. The molecule has 2 unspecified atom stereocenters. The summed E-state index contributed by atoms with van der Waals surface area (Å²) in [4.78, 5) is 8.53. The van der Waals surface area contributed by atoms with Crippen LogP contribution in [0.1, 0.15) is 49.7 Å². The van der Waals surface area contributed by atoms with Crippen molar-refractivity contribution in [3.63, 3.8) is 0 Å². The minimum atomic E-state index is -4.33. The van der Waals surface area contributed by atoms with Gasteiger partial charge in [-0.3, -0.25) is 20.0 Å². The van der Waals surface area contributed by atoms with E-state index >= 15 is 0 Å². The van der Waals surface area contributed by atoms with Crippen LogP contribution in [0.25, 0.3) is 0 Å². The Hall–Kier alpha value is -2.80. The molecule has 0 aromatic heterocycles. The largest absolute Gasteiger partial charge is 0.294 e. The van der Waals surface area contributed by atoms with Gasteiger partial charge in [-0.25, -0.2) is 9.98 Å². The van der Waals surface area contributed by atoms with E-state index in [2.05, 4.69) is 20.8 Å². The smallest absolute Gasteiger partial charge is 0.286 e. The van der Waals surface area contributed by atoms with Crippen LogP contribution >= 0.6 is 0 Å². The van der Waals surface area contributed by atoms with E-state index in [4.69, 9.17) is 0 Å². The molecule has 4 N–H and O–H groups in total. The minimum absolute atomic E-state index is 0.108. The molecule has 0 radical (unpaired) electrons. The zero-order chi connectivity index (χ0) is 23.3. The molecule has 4 rings (SSSR count). The van der Waals surface area contributed by atoms with Crippen molar-refractivity contribution in [1.82, 2.24) is 10.9 Å². The number of hydrogen-bond acceptors (Lipinski definition) is 8. The maximum atomic E-state index is 11.4. The Bertz CT molecular complexity index is 1260. The molecule has 2 aromatic rings. The molecule has 2 aromatic carbocycles. The van der Waals surface area contributed by atoms with E-state index in [1.54, 1.807) is 12.1 Å². The predicted octanol–water partition coefficient (Wildman–Crippen LogP) is 3.05. The van der Waals surface area contributed by atoms with Crippen molar-refractivity contribution < 1.29 is 25.9 Å². The van der Waals surface area contributed by atoms with Crippen LogP contribution in [0.4, 0.5) is 11.4 Å². The molecule has 0 spiro atoms. The van der Waals surface area contributed by atoms with Gasteiger partial charge >= 0.3 is 0 Å². The van der Waals surface area contributed by atoms with Gasteiger partial charge in [-0.05, 0) is 48.2 Å². The number of benzene rings is 2. The Kier molecular flexibility index (Phi) is 5.57. The van der Waals surface area contributed by atoms with E-state index in [1.165, 1.54) is 24.3 Å². The molecule has 10 nitrogen and oxygen atoms in total. The van der Waals surface area contributed by atoms with Crippen molar-refractivity contribution in [2.45, 2.75) is 48.3 Å². The monoisotopic (exact) mass is 478 g/mol. The number of hydrogen-bond donors (Lipinski definition) is 4. The zero-order valence-corrected chi connectivity index (χ0v) is 18.9. The number of nitrogens with zero attached hydrogens (tertiary/aromatic N) is 2. The zero-order valence-electron chi connectivity index (χ0n) is 17.3. The maximum absolute atomic E-state index is 11.4. The van der Waals surface area contributed by atoms with Crippen LogP contribution in [-0.2, 0) is 20.2 Å². The van der Waals surface area contributed by atoms with Crippen LogP contribution in [0.3, 0.4) is 0 Å². The van der Waals surface area contributed by atoms with Crippen molar-refractivity contribution in [2.24, 2.45) is 9.98 Å². The molecule has 2 atom stereocenters. The molecular weight excluding hydrogens is 456 g/mol. The molecule has 170 valence electrons. The lowest BCUT2D eigenvalue weighted by Gasteiger charge is -2.18. The number of rotatable bonds is 4. The molecular formula is C20H22N4O6S2. The molecule has 0 bridgehead atoms. The third-order valence-electron chi connectivity index (χ3n) is 5.63. The fraction of sp³-hybridized carbons (Fsp3) is 0.300. The van der Waals surface area contributed by atoms with Gasteiger partial charge in [-0.15, -0.1) is 0 Å². The summed E-state index contributed by atoms with van der Waals surface area (Å²) in [7, 11) is -8.66. The number of aliphatic imine (C=N–C) groups is 2. The summed E-state index contributed by atoms with van der Waals surface area (Å²) in [6, 6.07) is 8.63. The Morgan fingerprint density at radius 1 is 0.750 bits per heavy atom. The first-order valence-corrected chi connectivity index (χ1v) is 12.8. The summed E-state index contributed by atoms with van der Waals surface area (Å²) < 4.78 is 64.3. The predicted molar refractivity (Wildman–Crippen MR) is 119 cm³/mol. The third kappa shape index (κ3) is 4.01. The third-order valence-corrected chi connectivity index (χ3v) is 7.33. The van der Waals surface area contributed by atoms with E-state index in [0.29, 0.717) is 35.9 Å². The molecule has 0 aliphatic carbocycles. The van der Waals surface area contributed by atoms with Gasteiger partial charge in [0.25, 0.3) is 20.2 Å². The van der Waals surface area contributed by atoms with Crippen LogP contribution in [0.2, 0.25) is 0 Å². The van der Waals surface area contributed by atoms with Crippen molar-refractivity contribution in [3.05, 3.63) is 47.5 Å². The molecule has 0 saturated carbocycles. The highest BCUT2D eigenvalue weighted by Crippen LogP contribution is 2.39. The number of fused-ring (bicyclic) bond motifs is 2. The van der Waals surface area contributed by atoms with Gasteiger partial charge in [0, 0.05) is 11.8 Å². The second-order valence-electron chi connectivity index (χ2n) is 7.56. The summed E-state index contributed by atoms with van der Waals surface area (Å²) in [5.41, 5.74) is 8.72. The molecule has 2 heterocycles. The van der Waals surface area contributed by atoms with E-state index in [0.717, 1.165) is 11.1 Å². The summed E-state index contributed by atoms with van der Waals surface area (Å²) in [5, 5.41) is 0. The Morgan fingerprint density at radius 2 is 1.12 bits per heavy atom. The first-order chi connectivity index (χ1) is 15.0. The normalized spacial score (nSPS) is 19.8. The fourth-order valence-corrected chi connectivity index (χ4v) is 5.05. The van der Waals surface area contributed by atoms with E-state index < -0.39 is 20.2 Å². The Balaban J connectivity index is 1.59. The molecule has 0 saturated heterocycles. The lowest BCUT2D eigenvalue weighted by atomic mass is 9.96. The molecule has 0 amide bonds. The van der Waals surface area contributed by atoms with Gasteiger partial charge in [0.1, 0.15) is 11.7 Å². The van der Waals surface area contributed by atoms with Crippen LogP contribution in [0.15, 0.2) is 56.2 Å². The average Bonchev–Trinajstić information content (AvgIpc) is 3.26. The molecule has 0 fully saturated rings. The van der Waals surface area contributed by atoms with Gasteiger partial charge in [-0.2, -0.15) is 16.8 Å². The van der Waals surface area contributed by atoms with Gasteiger partial charge < -0.3 is 0 Å². The molecule has 2 aliphatic rings. The molecule has 12 heteroatoms. The van der Waals surface area contributed by atoms with Crippen LogP contribution < -0.4 is 10.9 Å². The van der Waals surface area contributed by atoms with E-state index in [1.807, 2.05) is 13.8 Å². The van der Waals surface area contributed by atoms with E-state index in [-0.39, 0.29) is 21.6 Å². The number of amidine groups is 2. The van der Waals surface area contributed by atoms with Crippen molar-refractivity contribution in [3.8, 4) is 0 Å². The van der Waals surface area contributed by atoms with Gasteiger partial charge in [-0.1, -0.05) is 26.0 Å². The summed E-state index contributed by atoms with van der Waals surface area (Å²) in [6.45, 7) is 3.95. The lowest BCUT2D eigenvalue weighted by Crippen LogP contribution is -2.44. The van der Waals surface area contributed by atoms with Crippen molar-refractivity contribution in [2.75, 3.05) is 0 Å². The Morgan fingerprint density at radius 3 is 1.44 bits per heavy atom. The van der Waals surface area contributed by atoms with Gasteiger partial charge in [0.15, 0.2) is 0 Å². The van der Waals surface area contributed by atoms with Crippen molar-refractivity contribution in [1.29, 1.82) is 0 Å². The van der Waals surface area contributed by atoms with Crippen molar-refractivity contribution >= 4 is 43.3 Å². The fourth-order valence-electron chi connectivity index (χ4n) is 4.05. The van der Waals surface area contributed by atoms with Crippen LogP contribution in [0.5, 0.6) is 0 Å². The van der Waals surface area contributed by atoms with E-state index in [9.17, 15) is 25.9 Å². The molecule has 2 aliphatic heterocycles. The summed E-state index contributed by atoms with van der Waals surface area (Å²) in [5.74, 6) is 0.927. The second kappa shape index (κ2) is 7.96. The first kappa shape index (κ1) is 22.4. The maximum Gasteiger partial charge on any atom is 0.294 e. The van der Waals surface area contributed by atoms with Crippen LogP contribution in [0, 0.1) is 0 Å². The SMILES string of the molecule is CCC1C(NNC2=Nc3cc(S(=O)(=O)O)ccc3C2CC)=Nc2cc(S(=O)(=O)O)ccc21.